The largest absolute Gasteiger partial charge is 0.481 e. The molecule has 0 amide bonds. The summed E-state index contributed by atoms with van der Waals surface area (Å²) in [4.78, 5) is 11.3. The minimum absolute atomic E-state index is 0.270. The van der Waals surface area contributed by atoms with E-state index in [4.69, 9.17) is 9.88 Å². The van der Waals surface area contributed by atoms with Gasteiger partial charge in [0.1, 0.15) is 5.75 Å². The van der Waals surface area contributed by atoms with Gasteiger partial charge in [-0.2, -0.15) is 0 Å². The molecular formula is C17H20N2O5S. The van der Waals surface area contributed by atoms with E-state index in [1.807, 2.05) is 4.90 Å². The molecule has 0 bridgehead atoms. The Morgan fingerprint density at radius 3 is 2.44 bits per heavy atom. The number of carboxylic acids is 1. The molecule has 0 saturated carbocycles. The van der Waals surface area contributed by atoms with Crippen LogP contribution in [0.1, 0.15) is 12.8 Å². The number of sulfonamides is 1. The van der Waals surface area contributed by atoms with Crippen LogP contribution < -0.4 is 9.88 Å². The molecule has 134 valence electrons. The number of carboxylic acid groups (broad SMARTS) is 1. The molecule has 1 heterocycles. The van der Waals surface area contributed by atoms with Gasteiger partial charge in [-0.05, 0) is 37.1 Å². The maximum atomic E-state index is 12.5. The molecule has 1 aromatic carbocycles. The highest BCUT2D eigenvalue weighted by atomic mass is 32.2. The summed E-state index contributed by atoms with van der Waals surface area (Å²) in [6.45, 7) is 1.25. The summed E-state index contributed by atoms with van der Waals surface area (Å²) >= 11 is 0. The standard InChI is InChI=1S/C17H20N2O5S/c18-25(22,23)17(24-14-6-2-1-3-7-14)9-8-13(16(20)21)12-15(17)19-10-4-5-11-19/h1-3,6-9,12-13H,4-5,10-11H2,(H,20,21)(H2,18,22,23). The van der Waals surface area contributed by atoms with Crippen LogP contribution in [-0.4, -0.2) is 42.4 Å². The predicted molar refractivity (Wildman–Crippen MR) is 92.1 cm³/mol. The molecule has 0 radical (unpaired) electrons. The summed E-state index contributed by atoms with van der Waals surface area (Å²) in [6, 6.07) is 8.48. The van der Waals surface area contributed by atoms with E-state index in [9.17, 15) is 18.3 Å². The van der Waals surface area contributed by atoms with Crippen LogP contribution in [0.5, 0.6) is 5.75 Å². The number of benzene rings is 1. The van der Waals surface area contributed by atoms with Crippen LogP contribution in [0.25, 0.3) is 0 Å². The van der Waals surface area contributed by atoms with Gasteiger partial charge in [-0.15, -0.1) is 0 Å². The van der Waals surface area contributed by atoms with Gasteiger partial charge in [-0.25, -0.2) is 13.6 Å². The fourth-order valence-electron chi connectivity index (χ4n) is 3.14. The monoisotopic (exact) mass is 364 g/mol. The van der Waals surface area contributed by atoms with Crippen molar-refractivity contribution in [2.24, 2.45) is 11.1 Å². The van der Waals surface area contributed by atoms with Gasteiger partial charge in [0.2, 0.25) is 0 Å². The Hall–Kier alpha value is -2.32. The Morgan fingerprint density at radius 2 is 1.88 bits per heavy atom. The van der Waals surface area contributed by atoms with E-state index in [-0.39, 0.29) is 5.70 Å². The molecule has 1 aromatic rings. The second-order valence-corrected chi connectivity index (χ2v) is 7.79. The van der Waals surface area contributed by atoms with E-state index < -0.39 is 26.8 Å². The van der Waals surface area contributed by atoms with Gasteiger partial charge in [0, 0.05) is 13.1 Å². The Balaban J connectivity index is 2.12. The van der Waals surface area contributed by atoms with E-state index >= 15 is 0 Å². The highest BCUT2D eigenvalue weighted by Gasteiger charge is 2.50. The lowest BCUT2D eigenvalue weighted by Crippen LogP contribution is -2.54. The zero-order valence-electron chi connectivity index (χ0n) is 13.5. The summed E-state index contributed by atoms with van der Waals surface area (Å²) in [6.07, 6.45) is 5.76. The Kier molecular flexibility index (Phi) is 4.57. The van der Waals surface area contributed by atoms with Crippen molar-refractivity contribution in [1.82, 2.24) is 4.90 Å². The highest BCUT2D eigenvalue weighted by Crippen LogP contribution is 2.38. The molecule has 1 aliphatic heterocycles. The SMILES string of the molecule is NS(=O)(=O)C1(Oc2ccccc2)C=CC(C(=O)O)C=C1N1CCCC1. The first-order valence-electron chi connectivity index (χ1n) is 7.99. The Labute approximate surface area is 146 Å². The van der Waals surface area contributed by atoms with Crippen LogP contribution in [0.15, 0.2) is 54.3 Å². The zero-order chi connectivity index (χ0) is 18.1. The molecule has 0 spiro atoms. The molecule has 1 fully saturated rings. The van der Waals surface area contributed by atoms with Crippen molar-refractivity contribution in [3.8, 4) is 5.75 Å². The Morgan fingerprint density at radius 1 is 1.24 bits per heavy atom. The van der Waals surface area contributed by atoms with Crippen molar-refractivity contribution in [2.75, 3.05) is 13.1 Å². The average molecular weight is 364 g/mol. The minimum Gasteiger partial charge on any atom is -0.481 e. The topological polar surface area (TPSA) is 110 Å². The van der Waals surface area contributed by atoms with Crippen LogP contribution in [0.2, 0.25) is 0 Å². The van der Waals surface area contributed by atoms with Gasteiger partial charge >= 0.3 is 5.97 Å². The summed E-state index contributed by atoms with van der Waals surface area (Å²) in [5, 5.41) is 14.9. The number of primary sulfonamides is 1. The lowest BCUT2D eigenvalue weighted by Gasteiger charge is -2.39. The number of aliphatic carboxylic acids is 1. The molecule has 2 unspecified atom stereocenters. The van der Waals surface area contributed by atoms with Gasteiger partial charge in [-0.3, -0.25) is 4.79 Å². The number of hydrogen-bond acceptors (Lipinski definition) is 5. The normalized spacial score (nSPS) is 26.4. The molecule has 1 aliphatic carbocycles. The van der Waals surface area contributed by atoms with Gasteiger partial charge in [0.15, 0.2) is 0 Å². The molecule has 3 rings (SSSR count). The van der Waals surface area contributed by atoms with E-state index in [0.29, 0.717) is 18.8 Å². The van der Waals surface area contributed by atoms with Crippen LogP contribution in [-0.2, 0) is 14.8 Å². The first kappa shape index (κ1) is 17.5. The van der Waals surface area contributed by atoms with Crippen molar-refractivity contribution in [3.63, 3.8) is 0 Å². The Bertz CT molecular complexity index is 813. The number of nitrogens with two attached hydrogens (primary N) is 1. The molecule has 2 atom stereocenters. The van der Waals surface area contributed by atoms with Gasteiger partial charge in [0.25, 0.3) is 15.0 Å². The molecule has 25 heavy (non-hydrogen) atoms. The molecule has 0 aromatic heterocycles. The lowest BCUT2D eigenvalue weighted by atomic mass is 9.98. The van der Waals surface area contributed by atoms with E-state index in [1.165, 1.54) is 18.2 Å². The number of ether oxygens (including phenoxy) is 1. The number of rotatable bonds is 5. The molecule has 3 N–H and O–H groups in total. The number of nitrogens with zero attached hydrogens (tertiary/aromatic N) is 1. The van der Waals surface area contributed by atoms with Crippen molar-refractivity contribution >= 4 is 16.0 Å². The maximum Gasteiger partial charge on any atom is 0.314 e. The third kappa shape index (κ3) is 3.27. The average Bonchev–Trinajstić information content (AvgIpc) is 3.09. The van der Waals surface area contributed by atoms with Gasteiger partial charge in [-0.1, -0.05) is 24.3 Å². The zero-order valence-corrected chi connectivity index (χ0v) is 14.4. The quantitative estimate of drug-likeness (QED) is 0.762. The van der Waals surface area contributed by atoms with Crippen molar-refractivity contribution < 1.29 is 23.1 Å². The van der Waals surface area contributed by atoms with Crippen LogP contribution >= 0.6 is 0 Å². The van der Waals surface area contributed by atoms with Crippen molar-refractivity contribution in [2.45, 2.75) is 17.8 Å². The number of carbonyl (C=O) groups is 1. The second-order valence-electron chi connectivity index (χ2n) is 6.10. The highest BCUT2D eigenvalue weighted by molar-refractivity contribution is 7.90. The summed E-state index contributed by atoms with van der Waals surface area (Å²) in [5.74, 6) is -1.65. The van der Waals surface area contributed by atoms with E-state index in [2.05, 4.69) is 0 Å². The molecular weight excluding hydrogens is 344 g/mol. The molecule has 1 saturated heterocycles. The lowest BCUT2D eigenvalue weighted by molar-refractivity contribution is -0.138. The van der Waals surface area contributed by atoms with Gasteiger partial charge in [0.05, 0.1) is 11.6 Å². The van der Waals surface area contributed by atoms with Crippen LogP contribution in [0, 0.1) is 5.92 Å². The number of likely N-dealkylation sites (tertiary alicyclic amines) is 1. The first-order chi connectivity index (χ1) is 11.8. The predicted octanol–water partition coefficient (Wildman–Crippen LogP) is 1.30. The maximum absolute atomic E-state index is 12.5. The third-order valence-electron chi connectivity index (χ3n) is 4.38. The molecule has 8 heteroatoms. The van der Waals surface area contributed by atoms with E-state index in [0.717, 1.165) is 12.8 Å². The molecule has 7 nitrogen and oxygen atoms in total. The second kappa shape index (κ2) is 6.53. The third-order valence-corrected chi connectivity index (χ3v) is 5.66. The van der Waals surface area contributed by atoms with Crippen molar-refractivity contribution in [1.29, 1.82) is 0 Å². The summed E-state index contributed by atoms with van der Waals surface area (Å²) in [7, 11) is -4.23. The number of para-hydroxylation sites is 1. The van der Waals surface area contributed by atoms with Crippen molar-refractivity contribution in [3.05, 3.63) is 54.3 Å². The fraction of sp³-hybridized carbons (Fsp3) is 0.353. The van der Waals surface area contributed by atoms with Crippen LogP contribution in [0.4, 0.5) is 0 Å². The minimum atomic E-state index is -4.23. The summed E-state index contributed by atoms with van der Waals surface area (Å²) < 4.78 is 30.9. The number of hydrogen-bond donors (Lipinski definition) is 2. The molecule has 2 aliphatic rings. The van der Waals surface area contributed by atoms with E-state index in [1.54, 1.807) is 30.3 Å². The summed E-state index contributed by atoms with van der Waals surface area (Å²) in [5.41, 5.74) is 0.270. The smallest absolute Gasteiger partial charge is 0.314 e. The van der Waals surface area contributed by atoms with Gasteiger partial charge < -0.3 is 14.7 Å². The fourth-order valence-corrected chi connectivity index (χ4v) is 4.11. The van der Waals surface area contributed by atoms with Crippen LogP contribution in [0.3, 0.4) is 0 Å². The first-order valence-corrected chi connectivity index (χ1v) is 9.54.